The summed E-state index contributed by atoms with van der Waals surface area (Å²) >= 11 is 0. The Morgan fingerprint density at radius 2 is 1.80 bits per heavy atom. The molecule has 158 valence electrons. The molecule has 7 nitrogen and oxygen atoms in total. The standard InChI is InChI=1S/C21H25F2N7/c1-14(2)30-13-15(11-25-30)20-18(23)12-24-21(27-20)26-16-4-5-19(17(22)10-16)29-8-6-28(3)7-9-29/h4-5,10-14H,6-9H2,1-3H3,(H,24,26,27). The van der Waals surface area contributed by atoms with E-state index >= 15 is 0 Å². The fourth-order valence-electron chi connectivity index (χ4n) is 3.39. The predicted octanol–water partition coefficient (Wildman–Crippen LogP) is 3.69. The molecule has 30 heavy (non-hydrogen) atoms. The van der Waals surface area contributed by atoms with Gasteiger partial charge in [-0.15, -0.1) is 0 Å². The number of nitrogens with zero attached hydrogens (tertiary/aromatic N) is 6. The number of benzene rings is 1. The van der Waals surface area contributed by atoms with Crippen LogP contribution in [0.1, 0.15) is 19.9 Å². The van der Waals surface area contributed by atoms with Gasteiger partial charge in [-0.25, -0.2) is 18.7 Å². The number of hydrogen-bond acceptors (Lipinski definition) is 6. The Kier molecular flexibility index (Phi) is 5.63. The van der Waals surface area contributed by atoms with Crippen molar-refractivity contribution in [2.45, 2.75) is 19.9 Å². The molecule has 0 radical (unpaired) electrons. The summed E-state index contributed by atoms with van der Waals surface area (Å²) in [5.74, 6) is -0.666. The zero-order chi connectivity index (χ0) is 21.3. The molecular weight excluding hydrogens is 388 g/mol. The van der Waals surface area contributed by atoms with Gasteiger partial charge in [0, 0.05) is 49.7 Å². The Balaban J connectivity index is 1.53. The lowest BCUT2D eigenvalue weighted by molar-refractivity contribution is 0.311. The summed E-state index contributed by atoms with van der Waals surface area (Å²) in [7, 11) is 2.06. The van der Waals surface area contributed by atoms with Crippen LogP contribution in [0.25, 0.3) is 11.3 Å². The van der Waals surface area contributed by atoms with Crippen molar-refractivity contribution in [2.24, 2.45) is 0 Å². The molecule has 0 spiro atoms. The quantitative estimate of drug-likeness (QED) is 0.688. The van der Waals surface area contributed by atoms with Gasteiger partial charge in [0.2, 0.25) is 5.95 Å². The second-order valence-electron chi connectivity index (χ2n) is 7.77. The molecule has 1 aliphatic rings. The Labute approximate surface area is 174 Å². The molecule has 0 saturated carbocycles. The summed E-state index contributed by atoms with van der Waals surface area (Å²) in [5, 5.41) is 7.20. The van der Waals surface area contributed by atoms with E-state index in [1.807, 2.05) is 18.7 Å². The lowest BCUT2D eigenvalue weighted by Crippen LogP contribution is -2.44. The summed E-state index contributed by atoms with van der Waals surface area (Å²) in [6.07, 6.45) is 4.41. The summed E-state index contributed by atoms with van der Waals surface area (Å²) in [6.45, 7) is 7.35. The molecule has 0 amide bonds. The highest BCUT2D eigenvalue weighted by Gasteiger charge is 2.18. The molecule has 1 aliphatic heterocycles. The van der Waals surface area contributed by atoms with E-state index in [1.165, 1.54) is 6.07 Å². The largest absolute Gasteiger partial charge is 0.367 e. The van der Waals surface area contributed by atoms with Gasteiger partial charge < -0.3 is 15.1 Å². The zero-order valence-electron chi connectivity index (χ0n) is 17.3. The molecule has 2 aromatic heterocycles. The number of aromatic nitrogens is 4. The van der Waals surface area contributed by atoms with E-state index in [1.54, 1.807) is 29.2 Å². The van der Waals surface area contributed by atoms with Crippen LogP contribution in [0.5, 0.6) is 0 Å². The minimum Gasteiger partial charge on any atom is -0.367 e. The molecule has 0 atom stereocenters. The Hall–Kier alpha value is -3.07. The maximum absolute atomic E-state index is 14.7. The third-order valence-corrected chi connectivity index (χ3v) is 5.20. The molecule has 1 N–H and O–H groups in total. The lowest BCUT2D eigenvalue weighted by Gasteiger charge is -2.34. The van der Waals surface area contributed by atoms with E-state index in [2.05, 4.69) is 32.3 Å². The van der Waals surface area contributed by atoms with Gasteiger partial charge in [-0.2, -0.15) is 5.10 Å². The van der Waals surface area contributed by atoms with Crippen molar-refractivity contribution in [2.75, 3.05) is 43.4 Å². The Morgan fingerprint density at radius 1 is 1.03 bits per heavy atom. The van der Waals surface area contributed by atoms with Crippen molar-refractivity contribution < 1.29 is 8.78 Å². The number of anilines is 3. The smallest absolute Gasteiger partial charge is 0.227 e. The van der Waals surface area contributed by atoms with Gasteiger partial charge in [0.05, 0.1) is 18.1 Å². The summed E-state index contributed by atoms with van der Waals surface area (Å²) in [5.41, 5.74) is 1.79. The van der Waals surface area contributed by atoms with E-state index < -0.39 is 5.82 Å². The van der Waals surface area contributed by atoms with Crippen LogP contribution in [0.2, 0.25) is 0 Å². The monoisotopic (exact) mass is 413 g/mol. The van der Waals surface area contributed by atoms with Gasteiger partial charge in [0.25, 0.3) is 0 Å². The Morgan fingerprint density at radius 3 is 2.47 bits per heavy atom. The van der Waals surface area contributed by atoms with Gasteiger partial charge in [-0.1, -0.05) is 0 Å². The first-order chi connectivity index (χ1) is 14.4. The number of rotatable bonds is 5. The maximum Gasteiger partial charge on any atom is 0.227 e. The zero-order valence-corrected chi connectivity index (χ0v) is 17.3. The van der Waals surface area contributed by atoms with E-state index in [0.717, 1.165) is 32.4 Å². The van der Waals surface area contributed by atoms with Crippen molar-refractivity contribution >= 4 is 17.3 Å². The van der Waals surface area contributed by atoms with E-state index in [4.69, 9.17) is 0 Å². The van der Waals surface area contributed by atoms with Crippen molar-refractivity contribution in [3.63, 3.8) is 0 Å². The van der Waals surface area contributed by atoms with Crippen LogP contribution in [0, 0.1) is 11.6 Å². The normalized spacial score (nSPS) is 15.1. The molecule has 1 aromatic carbocycles. The van der Waals surface area contributed by atoms with Gasteiger partial charge in [0.15, 0.2) is 5.82 Å². The van der Waals surface area contributed by atoms with E-state index in [0.29, 0.717) is 16.9 Å². The fourth-order valence-corrected chi connectivity index (χ4v) is 3.39. The molecule has 1 fully saturated rings. The third kappa shape index (κ3) is 4.25. The topological polar surface area (TPSA) is 62.1 Å². The highest BCUT2D eigenvalue weighted by Crippen LogP contribution is 2.26. The maximum atomic E-state index is 14.7. The number of likely N-dealkylation sites (N-methyl/N-ethyl adjacent to an activating group) is 1. The van der Waals surface area contributed by atoms with Gasteiger partial charge in [-0.3, -0.25) is 4.68 Å². The molecule has 0 aliphatic carbocycles. The second kappa shape index (κ2) is 8.35. The molecule has 0 bridgehead atoms. The highest BCUT2D eigenvalue weighted by atomic mass is 19.1. The second-order valence-corrected chi connectivity index (χ2v) is 7.77. The van der Waals surface area contributed by atoms with Gasteiger partial charge >= 0.3 is 0 Å². The van der Waals surface area contributed by atoms with Gasteiger partial charge in [-0.05, 0) is 39.1 Å². The molecule has 0 unspecified atom stereocenters. The van der Waals surface area contributed by atoms with Crippen LogP contribution in [-0.4, -0.2) is 57.9 Å². The highest BCUT2D eigenvalue weighted by molar-refractivity contribution is 5.63. The van der Waals surface area contributed by atoms with Crippen molar-refractivity contribution in [1.82, 2.24) is 24.6 Å². The van der Waals surface area contributed by atoms with Crippen LogP contribution < -0.4 is 10.2 Å². The Bertz CT molecular complexity index is 1030. The summed E-state index contributed by atoms with van der Waals surface area (Å²) in [4.78, 5) is 12.5. The van der Waals surface area contributed by atoms with Crippen LogP contribution in [0.15, 0.2) is 36.8 Å². The fraction of sp³-hybridized carbons (Fsp3) is 0.381. The summed E-state index contributed by atoms with van der Waals surface area (Å²) < 4.78 is 30.7. The third-order valence-electron chi connectivity index (χ3n) is 5.20. The molecule has 3 heterocycles. The number of hydrogen-bond donors (Lipinski definition) is 1. The lowest BCUT2D eigenvalue weighted by atomic mass is 10.2. The van der Waals surface area contributed by atoms with Crippen LogP contribution in [0.3, 0.4) is 0 Å². The SMILES string of the molecule is CC(C)n1cc(-c2nc(Nc3ccc(N4CCN(C)CC4)c(F)c3)ncc2F)cn1. The van der Waals surface area contributed by atoms with E-state index in [9.17, 15) is 8.78 Å². The molecule has 4 rings (SSSR count). The minimum atomic E-state index is -0.541. The molecule has 1 saturated heterocycles. The first-order valence-corrected chi connectivity index (χ1v) is 9.98. The van der Waals surface area contributed by atoms with Gasteiger partial charge in [0.1, 0.15) is 11.5 Å². The molecule has 9 heteroatoms. The minimum absolute atomic E-state index is 0.147. The molecule has 3 aromatic rings. The van der Waals surface area contributed by atoms with Crippen LogP contribution >= 0.6 is 0 Å². The van der Waals surface area contributed by atoms with Crippen LogP contribution in [0.4, 0.5) is 26.1 Å². The summed E-state index contributed by atoms with van der Waals surface area (Å²) in [6, 6.07) is 5.10. The predicted molar refractivity (Wildman–Crippen MR) is 113 cm³/mol. The number of piperazine rings is 1. The van der Waals surface area contributed by atoms with Crippen LogP contribution in [-0.2, 0) is 0 Å². The van der Waals surface area contributed by atoms with Crippen molar-refractivity contribution in [3.8, 4) is 11.3 Å². The first-order valence-electron chi connectivity index (χ1n) is 9.98. The van der Waals surface area contributed by atoms with E-state index in [-0.39, 0.29) is 23.5 Å². The van der Waals surface area contributed by atoms with Crippen molar-refractivity contribution in [3.05, 3.63) is 48.4 Å². The van der Waals surface area contributed by atoms with Crippen molar-refractivity contribution in [1.29, 1.82) is 0 Å². The number of halogens is 2. The average molecular weight is 413 g/mol. The average Bonchev–Trinajstić information content (AvgIpc) is 3.21. The number of nitrogens with one attached hydrogen (secondary N) is 1. The first kappa shape index (κ1) is 20.2. The molecular formula is C21H25F2N7.